The lowest BCUT2D eigenvalue weighted by Crippen LogP contribution is -2.28. The van der Waals surface area contributed by atoms with E-state index in [1.807, 2.05) is 96.7 Å². The zero-order chi connectivity index (χ0) is 22.2. The molecule has 0 saturated heterocycles. The van der Waals surface area contributed by atoms with E-state index in [1.54, 1.807) is 6.07 Å². The standard InChI is InChI=1S/C26H25N3O3/c1-2-31-23-15-9-10-16-24(23)32-19-25(30)27-17-21-18-29(22-13-7-4-8-14-22)28-26(21)20-11-5-3-6-12-20/h3-16,18H,2,17,19H2,1H3,(H,27,30). The normalized spacial score (nSPS) is 10.5. The number of carbonyl (C=O) groups is 1. The molecule has 1 heterocycles. The molecule has 4 rings (SSSR count). The van der Waals surface area contributed by atoms with E-state index >= 15 is 0 Å². The van der Waals surface area contributed by atoms with Crippen molar-refractivity contribution in [3.8, 4) is 28.4 Å². The van der Waals surface area contributed by atoms with Crippen LogP contribution in [0.15, 0.2) is 91.1 Å². The summed E-state index contributed by atoms with van der Waals surface area (Å²) in [7, 11) is 0. The molecule has 0 saturated carbocycles. The fraction of sp³-hybridized carbons (Fsp3) is 0.154. The van der Waals surface area contributed by atoms with Gasteiger partial charge in [-0.25, -0.2) is 4.68 Å². The predicted octanol–water partition coefficient (Wildman–Crippen LogP) is 4.63. The molecule has 4 aromatic rings. The van der Waals surface area contributed by atoms with Crippen molar-refractivity contribution in [2.45, 2.75) is 13.5 Å². The second-order valence-corrected chi connectivity index (χ2v) is 7.09. The number of nitrogens with one attached hydrogen (secondary N) is 1. The molecule has 6 heteroatoms. The van der Waals surface area contributed by atoms with E-state index in [1.165, 1.54) is 0 Å². The molecule has 6 nitrogen and oxygen atoms in total. The van der Waals surface area contributed by atoms with Crippen LogP contribution in [0.25, 0.3) is 16.9 Å². The first-order valence-electron chi connectivity index (χ1n) is 10.6. The number of hydrogen-bond donors (Lipinski definition) is 1. The number of benzene rings is 3. The van der Waals surface area contributed by atoms with E-state index in [2.05, 4.69) is 5.32 Å². The predicted molar refractivity (Wildman–Crippen MR) is 124 cm³/mol. The van der Waals surface area contributed by atoms with E-state index in [0.717, 1.165) is 22.5 Å². The third kappa shape index (κ3) is 5.16. The molecular weight excluding hydrogens is 402 g/mol. The number of aromatic nitrogens is 2. The maximum Gasteiger partial charge on any atom is 0.258 e. The molecule has 0 radical (unpaired) electrons. The van der Waals surface area contributed by atoms with Gasteiger partial charge in [0, 0.05) is 23.9 Å². The van der Waals surface area contributed by atoms with Gasteiger partial charge in [-0.15, -0.1) is 0 Å². The highest BCUT2D eigenvalue weighted by molar-refractivity contribution is 5.78. The van der Waals surface area contributed by atoms with E-state index in [0.29, 0.717) is 24.7 Å². The van der Waals surface area contributed by atoms with Gasteiger partial charge in [0.15, 0.2) is 18.1 Å². The molecule has 0 atom stereocenters. The van der Waals surface area contributed by atoms with Gasteiger partial charge in [-0.05, 0) is 31.2 Å². The average Bonchev–Trinajstić information content (AvgIpc) is 3.28. The summed E-state index contributed by atoms with van der Waals surface area (Å²) in [6, 6.07) is 27.2. The minimum absolute atomic E-state index is 0.0996. The van der Waals surface area contributed by atoms with Crippen LogP contribution in [0.5, 0.6) is 11.5 Å². The van der Waals surface area contributed by atoms with Crippen LogP contribution in [0.2, 0.25) is 0 Å². The minimum atomic E-state index is -0.220. The molecule has 1 aromatic heterocycles. The molecule has 0 aliphatic carbocycles. The molecule has 0 bridgehead atoms. The van der Waals surface area contributed by atoms with E-state index in [-0.39, 0.29) is 12.5 Å². The second kappa shape index (κ2) is 10.3. The summed E-state index contributed by atoms with van der Waals surface area (Å²) in [5, 5.41) is 7.71. The van der Waals surface area contributed by atoms with Gasteiger partial charge < -0.3 is 14.8 Å². The Kier molecular flexibility index (Phi) is 6.82. The average molecular weight is 428 g/mol. The summed E-state index contributed by atoms with van der Waals surface area (Å²) in [4.78, 5) is 12.5. The molecule has 0 unspecified atom stereocenters. The van der Waals surface area contributed by atoms with Gasteiger partial charge in [0.05, 0.1) is 18.0 Å². The lowest BCUT2D eigenvalue weighted by atomic mass is 10.1. The van der Waals surface area contributed by atoms with Crippen molar-refractivity contribution in [3.63, 3.8) is 0 Å². The number of para-hydroxylation sites is 3. The van der Waals surface area contributed by atoms with Crippen molar-refractivity contribution < 1.29 is 14.3 Å². The first-order chi connectivity index (χ1) is 15.7. The highest BCUT2D eigenvalue weighted by Gasteiger charge is 2.14. The number of nitrogens with zero attached hydrogens (tertiary/aromatic N) is 2. The highest BCUT2D eigenvalue weighted by Crippen LogP contribution is 2.26. The molecule has 1 N–H and O–H groups in total. The molecule has 32 heavy (non-hydrogen) atoms. The summed E-state index contributed by atoms with van der Waals surface area (Å²) in [5.74, 6) is 0.951. The quantitative estimate of drug-likeness (QED) is 0.423. The number of hydrogen-bond acceptors (Lipinski definition) is 4. The lowest BCUT2D eigenvalue weighted by molar-refractivity contribution is -0.123. The fourth-order valence-electron chi connectivity index (χ4n) is 3.32. The SMILES string of the molecule is CCOc1ccccc1OCC(=O)NCc1cn(-c2ccccc2)nc1-c1ccccc1. The molecule has 0 fully saturated rings. The Labute approximate surface area is 187 Å². The first kappa shape index (κ1) is 21.2. The van der Waals surface area contributed by atoms with Crippen LogP contribution >= 0.6 is 0 Å². The summed E-state index contributed by atoms with van der Waals surface area (Å²) < 4.78 is 13.0. The third-order valence-electron chi connectivity index (χ3n) is 4.84. The second-order valence-electron chi connectivity index (χ2n) is 7.09. The molecular formula is C26H25N3O3. The van der Waals surface area contributed by atoms with Crippen LogP contribution in [0.4, 0.5) is 0 Å². The monoisotopic (exact) mass is 427 g/mol. The molecule has 0 aliphatic heterocycles. The molecule has 3 aromatic carbocycles. The van der Waals surface area contributed by atoms with Crippen LogP contribution < -0.4 is 14.8 Å². The van der Waals surface area contributed by atoms with Crippen molar-refractivity contribution in [2.75, 3.05) is 13.2 Å². The number of carbonyl (C=O) groups excluding carboxylic acids is 1. The van der Waals surface area contributed by atoms with E-state index in [4.69, 9.17) is 14.6 Å². The molecule has 0 spiro atoms. The first-order valence-corrected chi connectivity index (χ1v) is 10.6. The maximum absolute atomic E-state index is 12.5. The zero-order valence-corrected chi connectivity index (χ0v) is 17.9. The summed E-state index contributed by atoms with van der Waals surface area (Å²) in [6.07, 6.45) is 1.95. The van der Waals surface area contributed by atoms with Crippen LogP contribution in [-0.2, 0) is 11.3 Å². The van der Waals surface area contributed by atoms with Gasteiger partial charge in [-0.3, -0.25) is 4.79 Å². The topological polar surface area (TPSA) is 65.4 Å². The largest absolute Gasteiger partial charge is 0.490 e. The Hall–Kier alpha value is -4.06. The molecule has 0 aliphatic rings. The summed E-state index contributed by atoms with van der Waals surface area (Å²) >= 11 is 0. The number of ether oxygens (including phenoxy) is 2. The molecule has 162 valence electrons. The van der Waals surface area contributed by atoms with Gasteiger partial charge in [0.25, 0.3) is 5.91 Å². The van der Waals surface area contributed by atoms with Crippen LogP contribution in [0.3, 0.4) is 0 Å². The van der Waals surface area contributed by atoms with Crippen molar-refractivity contribution in [1.82, 2.24) is 15.1 Å². The third-order valence-corrected chi connectivity index (χ3v) is 4.84. The van der Waals surface area contributed by atoms with Crippen molar-refractivity contribution in [2.24, 2.45) is 0 Å². The van der Waals surface area contributed by atoms with Crippen LogP contribution in [-0.4, -0.2) is 28.9 Å². The van der Waals surface area contributed by atoms with Crippen molar-refractivity contribution in [1.29, 1.82) is 0 Å². The van der Waals surface area contributed by atoms with Gasteiger partial charge in [-0.2, -0.15) is 5.10 Å². The lowest BCUT2D eigenvalue weighted by Gasteiger charge is -2.11. The van der Waals surface area contributed by atoms with Crippen LogP contribution in [0.1, 0.15) is 12.5 Å². The number of amides is 1. The zero-order valence-electron chi connectivity index (χ0n) is 17.9. The van der Waals surface area contributed by atoms with Crippen molar-refractivity contribution in [3.05, 3.63) is 96.7 Å². The Bertz CT molecular complexity index is 1160. The highest BCUT2D eigenvalue weighted by atomic mass is 16.5. The van der Waals surface area contributed by atoms with Gasteiger partial charge in [0.2, 0.25) is 0 Å². The van der Waals surface area contributed by atoms with Gasteiger partial charge in [0.1, 0.15) is 0 Å². The maximum atomic E-state index is 12.5. The minimum Gasteiger partial charge on any atom is -0.490 e. The molecule has 1 amide bonds. The van der Waals surface area contributed by atoms with Gasteiger partial charge >= 0.3 is 0 Å². The van der Waals surface area contributed by atoms with Crippen LogP contribution in [0, 0.1) is 0 Å². The Morgan fingerprint density at radius 2 is 1.50 bits per heavy atom. The van der Waals surface area contributed by atoms with Crippen molar-refractivity contribution >= 4 is 5.91 Å². The van der Waals surface area contributed by atoms with Gasteiger partial charge in [-0.1, -0.05) is 60.7 Å². The Balaban J connectivity index is 1.46. The summed E-state index contributed by atoms with van der Waals surface area (Å²) in [6.45, 7) is 2.67. The Morgan fingerprint density at radius 1 is 0.875 bits per heavy atom. The fourth-order valence-corrected chi connectivity index (χ4v) is 3.32. The van der Waals surface area contributed by atoms with E-state index < -0.39 is 0 Å². The number of rotatable bonds is 9. The van der Waals surface area contributed by atoms with E-state index in [9.17, 15) is 4.79 Å². The smallest absolute Gasteiger partial charge is 0.258 e. The Morgan fingerprint density at radius 3 is 2.19 bits per heavy atom. The summed E-state index contributed by atoms with van der Waals surface area (Å²) in [5.41, 5.74) is 3.70.